The third-order valence-electron chi connectivity index (χ3n) is 3.93. The molecule has 0 aromatic heterocycles. The molecule has 0 saturated carbocycles. The molecule has 0 amide bonds. The summed E-state index contributed by atoms with van der Waals surface area (Å²) in [5.41, 5.74) is 1.06. The Morgan fingerprint density at radius 1 is 0.593 bits per heavy atom. The van der Waals surface area contributed by atoms with Gasteiger partial charge < -0.3 is 26.6 Å². The third kappa shape index (κ3) is 5.94. The minimum Gasteiger partial charge on any atom is -0.370 e. The SMILES string of the molecule is CCO[Si](OCC)(OCC)c1ccc(C)c([Si](OCC)(OCC)OCC)c1. The Labute approximate surface area is 166 Å². The molecule has 6 nitrogen and oxygen atoms in total. The molecule has 0 spiro atoms. The first kappa shape index (κ1) is 24.5. The van der Waals surface area contributed by atoms with E-state index in [-0.39, 0.29) is 0 Å². The fraction of sp³-hybridized carbons (Fsp3) is 0.684. The van der Waals surface area contributed by atoms with Crippen LogP contribution in [0.2, 0.25) is 0 Å². The van der Waals surface area contributed by atoms with E-state index in [1.165, 1.54) is 0 Å². The Hall–Kier alpha value is -0.586. The number of hydrogen-bond donors (Lipinski definition) is 0. The highest BCUT2D eigenvalue weighted by molar-refractivity contribution is 6.79. The molecule has 0 unspecified atom stereocenters. The van der Waals surface area contributed by atoms with Gasteiger partial charge >= 0.3 is 17.6 Å². The predicted octanol–water partition coefficient (Wildman–Crippen LogP) is 2.51. The van der Waals surface area contributed by atoms with Crippen molar-refractivity contribution < 1.29 is 26.6 Å². The second-order valence-electron chi connectivity index (χ2n) is 5.74. The van der Waals surface area contributed by atoms with Crippen LogP contribution in [0.5, 0.6) is 0 Å². The molecule has 156 valence electrons. The minimum atomic E-state index is -3.04. The van der Waals surface area contributed by atoms with E-state index in [2.05, 4.69) is 6.07 Å². The normalized spacial score (nSPS) is 12.6. The van der Waals surface area contributed by atoms with Crippen LogP contribution in [0, 0.1) is 6.92 Å². The van der Waals surface area contributed by atoms with Crippen LogP contribution in [0.15, 0.2) is 18.2 Å². The smallest absolute Gasteiger partial charge is 0.370 e. The molecule has 1 aromatic carbocycles. The van der Waals surface area contributed by atoms with Gasteiger partial charge in [-0.25, -0.2) is 0 Å². The van der Waals surface area contributed by atoms with E-state index in [1.807, 2.05) is 60.6 Å². The quantitative estimate of drug-likeness (QED) is 0.434. The van der Waals surface area contributed by atoms with Gasteiger partial charge in [-0.2, -0.15) is 0 Å². The van der Waals surface area contributed by atoms with Crippen molar-refractivity contribution in [3.63, 3.8) is 0 Å². The van der Waals surface area contributed by atoms with E-state index >= 15 is 0 Å². The van der Waals surface area contributed by atoms with Crippen LogP contribution in [0.25, 0.3) is 0 Å². The van der Waals surface area contributed by atoms with Crippen molar-refractivity contribution in [2.75, 3.05) is 39.6 Å². The average molecular weight is 417 g/mol. The van der Waals surface area contributed by atoms with E-state index in [4.69, 9.17) is 26.6 Å². The summed E-state index contributed by atoms with van der Waals surface area (Å²) >= 11 is 0. The highest BCUT2D eigenvalue weighted by Gasteiger charge is 2.48. The lowest BCUT2D eigenvalue weighted by atomic mass is 10.2. The molecule has 1 rings (SSSR count). The maximum absolute atomic E-state index is 6.11. The lowest BCUT2D eigenvalue weighted by Gasteiger charge is -2.32. The number of rotatable bonds is 14. The van der Waals surface area contributed by atoms with E-state index in [0.717, 1.165) is 15.9 Å². The van der Waals surface area contributed by atoms with Crippen LogP contribution in [-0.2, 0) is 26.6 Å². The average Bonchev–Trinajstić information content (AvgIpc) is 2.63. The van der Waals surface area contributed by atoms with Gasteiger partial charge in [0.2, 0.25) is 0 Å². The van der Waals surface area contributed by atoms with E-state index < -0.39 is 17.6 Å². The molecule has 0 fully saturated rings. The van der Waals surface area contributed by atoms with Crippen molar-refractivity contribution in [3.05, 3.63) is 23.8 Å². The molecule has 0 aliphatic heterocycles. The lowest BCUT2D eigenvalue weighted by molar-refractivity contribution is 0.0852. The molecule has 0 saturated heterocycles. The lowest BCUT2D eigenvalue weighted by Crippen LogP contribution is -2.62. The fourth-order valence-electron chi connectivity index (χ4n) is 3.02. The van der Waals surface area contributed by atoms with Crippen molar-refractivity contribution in [2.24, 2.45) is 0 Å². The summed E-state index contributed by atoms with van der Waals surface area (Å²) in [6.07, 6.45) is 0. The summed E-state index contributed by atoms with van der Waals surface area (Å²) < 4.78 is 36.6. The largest absolute Gasteiger partial charge is 0.537 e. The van der Waals surface area contributed by atoms with Gasteiger partial charge in [0.25, 0.3) is 0 Å². The molecule has 1 aromatic rings. The summed E-state index contributed by atoms with van der Waals surface area (Å²) in [5, 5.41) is 1.85. The zero-order valence-corrected chi connectivity index (χ0v) is 19.9. The number of aryl methyl sites for hydroxylation is 1. The van der Waals surface area contributed by atoms with Gasteiger partial charge in [0.15, 0.2) is 0 Å². The van der Waals surface area contributed by atoms with Crippen molar-refractivity contribution >= 4 is 28.0 Å². The van der Waals surface area contributed by atoms with Crippen LogP contribution >= 0.6 is 0 Å². The number of hydrogen-bond acceptors (Lipinski definition) is 6. The second-order valence-corrected chi connectivity index (χ2v) is 10.8. The predicted molar refractivity (Wildman–Crippen MR) is 112 cm³/mol. The molecule has 0 radical (unpaired) electrons. The number of benzene rings is 1. The van der Waals surface area contributed by atoms with E-state index in [0.29, 0.717) is 39.6 Å². The zero-order valence-electron chi connectivity index (χ0n) is 17.9. The molecule has 0 heterocycles. The standard InChI is InChI=1S/C19H36O6Si2/c1-8-20-26(21-9-2,22-10-3)18-15-14-17(7)19(16-18)27(23-11-4,24-12-5)25-13-6/h14-16H,8-13H2,1-7H3. The Kier molecular flexibility index (Phi) is 10.9. The molecule has 0 aliphatic carbocycles. The maximum Gasteiger partial charge on any atom is 0.537 e. The molecular formula is C19H36O6Si2. The van der Waals surface area contributed by atoms with Gasteiger partial charge in [-0.05, 0) is 60.1 Å². The summed E-state index contributed by atoms with van der Waals surface area (Å²) in [4.78, 5) is 0. The van der Waals surface area contributed by atoms with Gasteiger partial charge in [0.05, 0.1) is 0 Å². The molecule has 0 aliphatic rings. The van der Waals surface area contributed by atoms with Crippen molar-refractivity contribution in [3.8, 4) is 0 Å². The minimum absolute atomic E-state index is 0.514. The van der Waals surface area contributed by atoms with Crippen LogP contribution in [0.4, 0.5) is 0 Å². The second kappa shape index (κ2) is 12.1. The highest BCUT2D eigenvalue weighted by Crippen LogP contribution is 2.16. The van der Waals surface area contributed by atoms with E-state index in [9.17, 15) is 0 Å². The zero-order chi connectivity index (χ0) is 20.3. The molecule has 0 N–H and O–H groups in total. The van der Waals surface area contributed by atoms with Crippen LogP contribution in [0.1, 0.15) is 47.1 Å². The summed E-state index contributed by atoms with van der Waals surface area (Å²) in [5.74, 6) is 0. The van der Waals surface area contributed by atoms with Gasteiger partial charge in [0.1, 0.15) is 0 Å². The fourth-order valence-corrected chi connectivity index (χ4v) is 8.41. The topological polar surface area (TPSA) is 55.4 Å². The van der Waals surface area contributed by atoms with Gasteiger partial charge in [-0.3, -0.25) is 0 Å². The Morgan fingerprint density at radius 2 is 0.963 bits per heavy atom. The van der Waals surface area contributed by atoms with Gasteiger partial charge in [-0.15, -0.1) is 0 Å². The first-order chi connectivity index (χ1) is 13.0. The van der Waals surface area contributed by atoms with E-state index in [1.54, 1.807) is 0 Å². The summed E-state index contributed by atoms with van der Waals surface area (Å²) in [6.45, 7) is 16.9. The first-order valence-electron chi connectivity index (χ1n) is 9.94. The molecular weight excluding hydrogens is 380 g/mol. The van der Waals surface area contributed by atoms with Crippen molar-refractivity contribution in [2.45, 2.75) is 48.5 Å². The maximum atomic E-state index is 6.11. The Balaban J connectivity index is 3.56. The Morgan fingerprint density at radius 3 is 1.33 bits per heavy atom. The molecule has 27 heavy (non-hydrogen) atoms. The van der Waals surface area contributed by atoms with Crippen molar-refractivity contribution in [1.82, 2.24) is 0 Å². The Bertz CT molecular complexity index is 521. The molecule has 0 atom stereocenters. The third-order valence-corrected chi connectivity index (χ3v) is 10.2. The van der Waals surface area contributed by atoms with Crippen LogP contribution in [0.3, 0.4) is 0 Å². The van der Waals surface area contributed by atoms with Gasteiger partial charge in [0, 0.05) is 50.0 Å². The highest BCUT2D eigenvalue weighted by atomic mass is 28.4. The van der Waals surface area contributed by atoms with Crippen LogP contribution in [-0.4, -0.2) is 57.3 Å². The summed E-state index contributed by atoms with van der Waals surface area (Å²) in [7, 11) is -6.06. The van der Waals surface area contributed by atoms with Gasteiger partial charge in [-0.1, -0.05) is 12.1 Å². The molecule has 0 bridgehead atoms. The summed E-state index contributed by atoms with van der Waals surface area (Å²) in [6, 6.07) is 6.12. The van der Waals surface area contributed by atoms with Crippen LogP contribution < -0.4 is 10.4 Å². The molecule has 8 heteroatoms. The first-order valence-corrected chi connectivity index (χ1v) is 13.4. The van der Waals surface area contributed by atoms with Crippen molar-refractivity contribution in [1.29, 1.82) is 0 Å². The monoisotopic (exact) mass is 416 g/mol.